The van der Waals surface area contributed by atoms with E-state index in [0.717, 1.165) is 0 Å². The van der Waals surface area contributed by atoms with Crippen LogP contribution in [-0.2, 0) is 11.1 Å². The first-order chi connectivity index (χ1) is 7.18. The molecule has 0 saturated carbocycles. The lowest BCUT2D eigenvalue weighted by Gasteiger charge is -2.00. The first kappa shape index (κ1) is 10.1. The van der Waals surface area contributed by atoms with Crippen molar-refractivity contribution in [1.82, 2.24) is 20.2 Å². The second kappa shape index (κ2) is 4.01. The molecule has 78 valence electrons. The molecule has 2 rings (SSSR count). The van der Waals surface area contributed by atoms with Gasteiger partial charge in [-0.3, -0.25) is 0 Å². The van der Waals surface area contributed by atoms with Crippen molar-refractivity contribution in [3.05, 3.63) is 29.0 Å². The minimum Gasteiger partial charge on any atom is -0.302 e. The van der Waals surface area contributed by atoms with Crippen molar-refractivity contribution in [1.29, 1.82) is 0 Å². The van der Waals surface area contributed by atoms with E-state index in [1.807, 2.05) is 0 Å². The molecule has 0 aliphatic heterocycles. The van der Waals surface area contributed by atoms with E-state index in [1.165, 1.54) is 16.8 Å². The predicted octanol–water partition coefficient (Wildman–Crippen LogP) is 0.905. The number of tetrazole rings is 1. The summed E-state index contributed by atoms with van der Waals surface area (Å²) in [5, 5.41) is 9.73. The first-order valence-electron chi connectivity index (χ1n) is 3.90. The Labute approximate surface area is 92.2 Å². The topological polar surface area (TPSA) is 83.8 Å². The van der Waals surface area contributed by atoms with Gasteiger partial charge in [0.1, 0.15) is 0 Å². The SMILES string of the molecule is O=S(O)c1ccc(-n2[nH]nnc2=S)cc1. The van der Waals surface area contributed by atoms with Gasteiger partial charge in [0.2, 0.25) is 4.77 Å². The van der Waals surface area contributed by atoms with Gasteiger partial charge in [0.25, 0.3) is 0 Å². The van der Waals surface area contributed by atoms with Crippen LogP contribution in [0.5, 0.6) is 0 Å². The Balaban J connectivity index is 2.44. The van der Waals surface area contributed by atoms with E-state index in [4.69, 9.17) is 16.8 Å². The fourth-order valence-electron chi connectivity index (χ4n) is 1.08. The van der Waals surface area contributed by atoms with Crippen molar-refractivity contribution < 1.29 is 8.76 Å². The van der Waals surface area contributed by atoms with E-state index in [1.54, 1.807) is 12.1 Å². The lowest BCUT2D eigenvalue weighted by Crippen LogP contribution is -1.97. The number of benzene rings is 1. The van der Waals surface area contributed by atoms with E-state index in [0.29, 0.717) is 15.4 Å². The van der Waals surface area contributed by atoms with Crippen molar-refractivity contribution in [2.24, 2.45) is 0 Å². The first-order valence-corrected chi connectivity index (χ1v) is 5.41. The molecule has 1 heterocycles. The van der Waals surface area contributed by atoms with Crippen LogP contribution in [0.25, 0.3) is 5.69 Å². The van der Waals surface area contributed by atoms with Crippen molar-refractivity contribution >= 4 is 23.3 Å². The molecular formula is C7H6N4O2S2. The zero-order chi connectivity index (χ0) is 10.8. The average molecular weight is 242 g/mol. The van der Waals surface area contributed by atoms with E-state index in [2.05, 4.69) is 15.5 Å². The lowest BCUT2D eigenvalue weighted by molar-refractivity contribution is 0.564. The van der Waals surface area contributed by atoms with Crippen LogP contribution in [0.2, 0.25) is 0 Å². The van der Waals surface area contributed by atoms with Gasteiger partial charge in [-0.1, -0.05) is 10.3 Å². The highest BCUT2D eigenvalue weighted by atomic mass is 32.2. The Kier molecular flexibility index (Phi) is 2.71. The van der Waals surface area contributed by atoms with Gasteiger partial charge >= 0.3 is 0 Å². The maximum Gasteiger partial charge on any atom is 0.242 e. The molecule has 1 unspecified atom stereocenters. The van der Waals surface area contributed by atoms with E-state index in [9.17, 15) is 4.21 Å². The lowest BCUT2D eigenvalue weighted by atomic mass is 10.3. The van der Waals surface area contributed by atoms with Crippen LogP contribution in [0, 0.1) is 4.77 Å². The van der Waals surface area contributed by atoms with Gasteiger partial charge in [-0.25, -0.2) is 8.89 Å². The van der Waals surface area contributed by atoms with Crippen molar-refractivity contribution in [2.75, 3.05) is 0 Å². The molecule has 0 aliphatic carbocycles. The van der Waals surface area contributed by atoms with E-state index >= 15 is 0 Å². The summed E-state index contributed by atoms with van der Waals surface area (Å²) >= 11 is 2.93. The third kappa shape index (κ3) is 2.01. The fourth-order valence-corrected chi connectivity index (χ4v) is 1.63. The molecule has 8 heteroatoms. The number of aromatic amines is 1. The van der Waals surface area contributed by atoms with Crippen LogP contribution in [0.4, 0.5) is 0 Å². The number of hydrogen-bond acceptors (Lipinski definition) is 4. The third-order valence-corrected chi connectivity index (χ3v) is 2.71. The molecule has 15 heavy (non-hydrogen) atoms. The number of aromatic nitrogens is 4. The maximum absolute atomic E-state index is 10.7. The molecular weight excluding hydrogens is 236 g/mol. The molecule has 6 nitrogen and oxygen atoms in total. The van der Waals surface area contributed by atoms with Crippen molar-refractivity contribution in [3.8, 4) is 5.69 Å². The fraction of sp³-hybridized carbons (Fsp3) is 0. The molecule has 0 aliphatic rings. The quantitative estimate of drug-likeness (QED) is 0.604. The smallest absolute Gasteiger partial charge is 0.242 e. The number of nitrogens with one attached hydrogen (secondary N) is 1. The molecule has 1 aromatic carbocycles. The van der Waals surface area contributed by atoms with Crippen LogP contribution in [0.15, 0.2) is 29.2 Å². The Bertz CT molecular complexity index is 545. The summed E-state index contributed by atoms with van der Waals surface area (Å²) in [7, 11) is 0. The predicted molar refractivity (Wildman–Crippen MR) is 55.6 cm³/mol. The monoisotopic (exact) mass is 242 g/mol. The van der Waals surface area contributed by atoms with Gasteiger partial charge in [0.15, 0.2) is 11.1 Å². The summed E-state index contributed by atoms with van der Waals surface area (Å²) in [6.45, 7) is 0. The normalized spacial score (nSPS) is 12.6. The highest BCUT2D eigenvalue weighted by Gasteiger charge is 2.02. The maximum atomic E-state index is 10.7. The molecule has 0 amide bonds. The summed E-state index contributed by atoms with van der Waals surface area (Å²) in [5.41, 5.74) is 0.708. The van der Waals surface area contributed by atoms with Gasteiger partial charge in [-0.15, -0.1) is 0 Å². The number of hydrogen-bond donors (Lipinski definition) is 2. The molecule has 0 spiro atoms. The molecule has 0 bridgehead atoms. The van der Waals surface area contributed by atoms with Crippen molar-refractivity contribution in [2.45, 2.75) is 4.90 Å². The highest BCUT2D eigenvalue weighted by Crippen LogP contribution is 2.10. The third-order valence-electron chi connectivity index (χ3n) is 1.77. The minimum absolute atomic E-state index is 0.299. The molecule has 2 aromatic rings. The second-order valence-electron chi connectivity index (χ2n) is 2.66. The van der Waals surface area contributed by atoms with E-state index < -0.39 is 11.1 Å². The summed E-state index contributed by atoms with van der Waals surface area (Å²) in [4.78, 5) is 0.331. The average Bonchev–Trinajstić information content (AvgIpc) is 2.65. The van der Waals surface area contributed by atoms with Crippen LogP contribution in [-0.4, -0.2) is 29.0 Å². The van der Waals surface area contributed by atoms with Gasteiger partial charge in [0, 0.05) is 0 Å². The van der Waals surface area contributed by atoms with E-state index in [-0.39, 0.29) is 0 Å². The van der Waals surface area contributed by atoms with Crippen molar-refractivity contribution in [3.63, 3.8) is 0 Å². The Hall–Kier alpha value is -1.38. The summed E-state index contributed by atoms with van der Waals surface area (Å²) < 4.78 is 21.3. The van der Waals surface area contributed by atoms with Crippen LogP contribution in [0.3, 0.4) is 0 Å². The van der Waals surface area contributed by atoms with Gasteiger partial charge in [-0.2, -0.15) is 5.21 Å². The van der Waals surface area contributed by atoms with Gasteiger partial charge in [0.05, 0.1) is 10.6 Å². The largest absolute Gasteiger partial charge is 0.302 e. The molecule has 1 atom stereocenters. The van der Waals surface area contributed by atoms with Gasteiger partial charge in [-0.05, 0) is 36.5 Å². The van der Waals surface area contributed by atoms with Crippen LogP contribution >= 0.6 is 12.2 Å². The number of rotatable bonds is 2. The Morgan fingerprint density at radius 2 is 2.07 bits per heavy atom. The van der Waals surface area contributed by atoms with Gasteiger partial charge < -0.3 is 4.55 Å². The van der Waals surface area contributed by atoms with Crippen LogP contribution in [0.1, 0.15) is 0 Å². The molecule has 0 fully saturated rings. The summed E-state index contributed by atoms with van der Waals surface area (Å²) in [6.07, 6.45) is 0. The number of H-pyrrole nitrogens is 1. The summed E-state index contributed by atoms with van der Waals surface area (Å²) in [5.74, 6) is 0. The minimum atomic E-state index is -1.97. The molecule has 0 radical (unpaired) electrons. The second-order valence-corrected chi connectivity index (χ2v) is 4.00. The summed E-state index contributed by atoms with van der Waals surface area (Å²) in [6, 6.07) is 6.38. The molecule has 2 N–H and O–H groups in total. The Morgan fingerprint density at radius 1 is 1.40 bits per heavy atom. The molecule has 0 saturated heterocycles. The molecule has 1 aromatic heterocycles. The standard InChI is InChI=1S/C7H6N4O2S2/c12-15(13)6-3-1-5(2-4-6)11-7(14)8-9-10-11/h1-4H,(H,12,13)(H,8,10,14). The zero-order valence-electron chi connectivity index (χ0n) is 7.32. The number of nitrogens with zero attached hydrogens (tertiary/aromatic N) is 3. The zero-order valence-corrected chi connectivity index (χ0v) is 8.96. The van der Waals surface area contributed by atoms with Crippen LogP contribution < -0.4 is 0 Å². The Morgan fingerprint density at radius 3 is 2.53 bits per heavy atom. The highest BCUT2D eigenvalue weighted by molar-refractivity contribution is 7.79.